The minimum atomic E-state index is -0.893. The van der Waals surface area contributed by atoms with E-state index in [0.717, 1.165) is 67.1 Å². The Bertz CT molecular complexity index is 1760. The van der Waals surface area contributed by atoms with E-state index in [9.17, 15) is 19.8 Å². The second-order valence-corrected chi connectivity index (χ2v) is 10.2. The molecule has 0 saturated carbocycles. The number of aliphatic carboxylic acids is 2. The molecule has 0 radical (unpaired) electrons. The van der Waals surface area contributed by atoms with Crippen LogP contribution in [0.1, 0.15) is 86.1 Å². The summed E-state index contributed by atoms with van der Waals surface area (Å²) in [4.78, 5) is 39.6. The van der Waals surface area contributed by atoms with E-state index < -0.39 is 11.9 Å². The van der Waals surface area contributed by atoms with Gasteiger partial charge in [-0.05, 0) is 92.7 Å². The zero-order chi connectivity index (χ0) is 30.6. The van der Waals surface area contributed by atoms with Crippen LogP contribution in [-0.2, 0) is 9.59 Å². The maximum atomic E-state index is 11.5. The van der Waals surface area contributed by atoms with Crippen molar-refractivity contribution in [2.45, 2.75) is 53.4 Å². The molecule has 0 aliphatic carbocycles. The smallest absolute Gasteiger partial charge is 0.303 e. The van der Waals surface area contributed by atoms with Crippen LogP contribution < -0.4 is 0 Å². The fraction of sp³-hybridized carbons (Fsp3) is 0.235. The van der Waals surface area contributed by atoms with Crippen LogP contribution in [0.3, 0.4) is 0 Å². The van der Waals surface area contributed by atoms with E-state index in [-0.39, 0.29) is 12.8 Å². The number of H-pyrrole nitrogens is 2. The lowest BCUT2D eigenvalue weighted by Gasteiger charge is -2.07. The SMILES string of the molecule is C=CC1=C(C)c2cc3[nH]c(cc4nc(cc(/C(=C/C)CCC(=O)O)[nH]ccc1n2)C(CCC(=O)O)=C4C)c(C)c3C=C. The Morgan fingerprint density at radius 1 is 0.857 bits per heavy atom. The van der Waals surface area contributed by atoms with Gasteiger partial charge in [-0.3, -0.25) is 9.59 Å². The summed E-state index contributed by atoms with van der Waals surface area (Å²) >= 11 is 0. The first-order valence-electron chi connectivity index (χ1n) is 13.8. The number of carbonyl (C=O) groups is 2. The average Bonchev–Trinajstić information content (AvgIpc) is 3.52. The number of nitrogens with zero attached hydrogens (tertiary/aromatic N) is 2. The van der Waals surface area contributed by atoms with Gasteiger partial charge in [-0.25, -0.2) is 9.97 Å². The van der Waals surface area contributed by atoms with Crippen LogP contribution in [0, 0.1) is 6.92 Å². The Morgan fingerprint density at radius 3 is 2.17 bits per heavy atom. The van der Waals surface area contributed by atoms with E-state index in [1.54, 1.807) is 12.3 Å². The first kappa shape index (κ1) is 30.0. The van der Waals surface area contributed by atoms with E-state index in [2.05, 4.69) is 23.1 Å². The lowest BCUT2D eigenvalue weighted by Crippen LogP contribution is -1.98. The molecule has 2 aliphatic rings. The predicted octanol–water partition coefficient (Wildman–Crippen LogP) is 7.86. The molecular weight excluding hydrogens is 528 g/mol. The molecule has 0 aromatic carbocycles. The molecule has 8 heteroatoms. The Kier molecular flexibility index (Phi) is 9.06. The van der Waals surface area contributed by atoms with Gasteiger partial charge >= 0.3 is 11.9 Å². The molecule has 42 heavy (non-hydrogen) atoms. The molecule has 0 amide bonds. The van der Waals surface area contributed by atoms with Crippen molar-refractivity contribution in [2.75, 3.05) is 0 Å². The second kappa shape index (κ2) is 12.7. The van der Waals surface area contributed by atoms with Gasteiger partial charge in [0.05, 0.1) is 22.8 Å². The van der Waals surface area contributed by atoms with Gasteiger partial charge < -0.3 is 20.2 Å². The number of hydrogen-bond donors (Lipinski definition) is 4. The third-order valence-corrected chi connectivity index (χ3v) is 7.68. The number of hydrogen-bond acceptors (Lipinski definition) is 4. The highest BCUT2D eigenvalue weighted by molar-refractivity contribution is 5.97. The monoisotopic (exact) mass is 564 g/mol. The van der Waals surface area contributed by atoms with Crippen molar-refractivity contribution in [2.24, 2.45) is 0 Å². The molecule has 216 valence electrons. The van der Waals surface area contributed by atoms with Crippen molar-refractivity contribution in [1.82, 2.24) is 19.9 Å². The van der Waals surface area contributed by atoms with E-state index in [1.807, 2.05) is 64.1 Å². The molecule has 8 nitrogen and oxygen atoms in total. The molecule has 0 fully saturated rings. The van der Waals surface area contributed by atoms with Crippen molar-refractivity contribution < 1.29 is 19.8 Å². The van der Waals surface area contributed by atoms with Crippen molar-refractivity contribution in [3.05, 3.63) is 95.4 Å². The number of carboxylic acid groups (broad SMARTS) is 2. The van der Waals surface area contributed by atoms with Gasteiger partial charge in [0.1, 0.15) is 0 Å². The highest BCUT2D eigenvalue weighted by Crippen LogP contribution is 2.35. The first-order chi connectivity index (χ1) is 20.1. The van der Waals surface area contributed by atoms with Crippen LogP contribution in [0.2, 0.25) is 0 Å². The zero-order valence-electron chi connectivity index (χ0n) is 24.5. The summed E-state index contributed by atoms with van der Waals surface area (Å²) in [5.41, 5.74) is 11.7. The number of aryl methyl sites for hydroxylation is 1. The molecule has 2 aromatic heterocycles. The summed E-state index contributed by atoms with van der Waals surface area (Å²) in [6.45, 7) is 15.9. The highest BCUT2D eigenvalue weighted by atomic mass is 16.4. The topological polar surface area (TPSA) is 132 Å². The number of allylic oxidation sites excluding steroid dienone is 7. The summed E-state index contributed by atoms with van der Waals surface area (Å²) in [6, 6.07) is 7.71. The summed E-state index contributed by atoms with van der Waals surface area (Å²) in [7, 11) is 0. The maximum Gasteiger partial charge on any atom is 0.303 e. The predicted molar refractivity (Wildman–Crippen MR) is 170 cm³/mol. The van der Waals surface area contributed by atoms with Crippen molar-refractivity contribution in [1.29, 1.82) is 0 Å². The maximum absolute atomic E-state index is 11.5. The van der Waals surface area contributed by atoms with Gasteiger partial charge in [0, 0.05) is 46.9 Å². The standard InChI is InChI=1S/C34H36N4O4/c1-7-22(10-12-33(39)40)30-18-32-25(11-13-34(41)42)21(6)28(38-32)16-27-20(5)24(9-3)31(37-27)17-29-19(4)23(8-2)26(36-29)14-15-35-30/h7-9,14-18,35,37H,2-3,10-13H2,1,4-6H3,(H,39,40)(H,41,42)/b15-14?,22-7+,28-16?,29-17?,30-18?. The molecule has 0 saturated heterocycles. The van der Waals surface area contributed by atoms with Gasteiger partial charge in [-0.15, -0.1) is 0 Å². The van der Waals surface area contributed by atoms with Gasteiger partial charge in [0.25, 0.3) is 0 Å². The largest absolute Gasteiger partial charge is 0.481 e. The molecule has 4 rings (SSSR count). The molecule has 2 aliphatic heterocycles. The summed E-state index contributed by atoms with van der Waals surface area (Å²) in [5, 5.41) is 18.8. The molecule has 2 aromatic rings. The fourth-order valence-electron chi connectivity index (χ4n) is 5.26. The van der Waals surface area contributed by atoms with Crippen LogP contribution in [0.4, 0.5) is 0 Å². The lowest BCUT2D eigenvalue weighted by molar-refractivity contribution is -0.137. The van der Waals surface area contributed by atoms with E-state index in [1.165, 1.54) is 0 Å². The quantitative estimate of drug-likeness (QED) is 0.245. The Balaban J connectivity index is 2.13. The third kappa shape index (κ3) is 6.17. The lowest BCUT2D eigenvalue weighted by atomic mass is 9.99. The summed E-state index contributed by atoms with van der Waals surface area (Å²) < 4.78 is 0. The zero-order valence-corrected chi connectivity index (χ0v) is 24.5. The number of nitrogens with one attached hydrogen (secondary N) is 2. The number of carboxylic acids is 2. The molecule has 0 unspecified atom stereocenters. The average molecular weight is 565 g/mol. The molecule has 0 atom stereocenters. The molecular formula is C34H36N4O4. The van der Waals surface area contributed by atoms with Crippen LogP contribution in [0.15, 0.2) is 55.8 Å². The van der Waals surface area contributed by atoms with Gasteiger partial charge in [0.15, 0.2) is 0 Å². The molecule has 6 bridgehead atoms. The van der Waals surface area contributed by atoms with E-state index in [0.29, 0.717) is 24.2 Å². The molecule has 0 spiro atoms. The van der Waals surface area contributed by atoms with Crippen LogP contribution >= 0.6 is 0 Å². The van der Waals surface area contributed by atoms with Crippen LogP contribution in [0.25, 0.3) is 45.0 Å². The highest BCUT2D eigenvalue weighted by Gasteiger charge is 2.19. The normalized spacial score (nSPS) is 13.2. The van der Waals surface area contributed by atoms with Crippen LogP contribution in [-0.4, -0.2) is 42.1 Å². The minimum absolute atomic E-state index is 0.0374. The number of aromatic amines is 2. The molecule has 4 heterocycles. The number of rotatable bonds is 9. The Labute approximate surface area is 245 Å². The van der Waals surface area contributed by atoms with Gasteiger partial charge in [0.2, 0.25) is 0 Å². The third-order valence-electron chi connectivity index (χ3n) is 7.68. The second-order valence-electron chi connectivity index (χ2n) is 10.2. The van der Waals surface area contributed by atoms with Gasteiger partial charge in [-0.1, -0.05) is 31.4 Å². The number of aromatic nitrogens is 4. The van der Waals surface area contributed by atoms with Crippen molar-refractivity contribution in [3.63, 3.8) is 0 Å². The summed E-state index contributed by atoms with van der Waals surface area (Å²) in [6.07, 6.45) is 7.79. The van der Waals surface area contributed by atoms with Crippen molar-refractivity contribution >= 4 is 56.9 Å². The van der Waals surface area contributed by atoms with E-state index in [4.69, 9.17) is 9.97 Å². The number of fused-ring (bicyclic) bond motifs is 6. The van der Waals surface area contributed by atoms with Gasteiger partial charge in [-0.2, -0.15) is 0 Å². The molecule has 4 N–H and O–H groups in total. The van der Waals surface area contributed by atoms with Crippen molar-refractivity contribution in [3.8, 4) is 0 Å². The minimum Gasteiger partial charge on any atom is -0.481 e. The van der Waals surface area contributed by atoms with Crippen LogP contribution in [0.5, 0.6) is 0 Å². The Morgan fingerprint density at radius 2 is 1.52 bits per heavy atom. The Hall–Kier alpha value is -4.98. The van der Waals surface area contributed by atoms with E-state index >= 15 is 0 Å². The first-order valence-corrected chi connectivity index (χ1v) is 13.8. The summed E-state index contributed by atoms with van der Waals surface area (Å²) in [5.74, 6) is -1.78. The fourth-order valence-corrected chi connectivity index (χ4v) is 5.26.